The van der Waals surface area contributed by atoms with E-state index in [1.54, 1.807) is 13.8 Å². The Labute approximate surface area is 165 Å². The maximum absolute atomic E-state index is 14.9. The van der Waals surface area contributed by atoms with E-state index in [-0.39, 0.29) is 42.7 Å². The molecule has 1 saturated carbocycles. The van der Waals surface area contributed by atoms with E-state index in [1.807, 2.05) is 0 Å². The van der Waals surface area contributed by atoms with Crippen molar-refractivity contribution in [3.05, 3.63) is 64.2 Å². The topological polar surface area (TPSA) is 9.23 Å². The molecule has 0 heterocycles. The fourth-order valence-corrected chi connectivity index (χ4v) is 4.08. The molecule has 0 saturated heterocycles. The van der Waals surface area contributed by atoms with E-state index in [0.29, 0.717) is 0 Å². The Morgan fingerprint density at radius 2 is 1.52 bits per heavy atom. The molecule has 158 valence electrons. The molecule has 0 spiro atoms. The zero-order chi connectivity index (χ0) is 21.3. The van der Waals surface area contributed by atoms with Gasteiger partial charge in [-0.2, -0.15) is 4.39 Å². The van der Waals surface area contributed by atoms with Crippen LogP contribution in [0.2, 0.25) is 0 Å². The van der Waals surface area contributed by atoms with Crippen LogP contribution in [-0.4, -0.2) is 12.5 Å². The van der Waals surface area contributed by atoms with Crippen LogP contribution in [0.1, 0.15) is 61.6 Å². The lowest BCUT2D eigenvalue weighted by Crippen LogP contribution is -2.34. The molecule has 2 atom stereocenters. The minimum Gasteiger partial charge on any atom is -0.491 e. The third kappa shape index (κ3) is 3.96. The van der Waals surface area contributed by atoms with Crippen molar-refractivity contribution in [2.45, 2.75) is 57.3 Å². The van der Waals surface area contributed by atoms with Crippen LogP contribution in [-0.2, 0) is 6.42 Å². The third-order valence-corrected chi connectivity index (χ3v) is 5.60. The van der Waals surface area contributed by atoms with Crippen LogP contribution in [0.5, 0.6) is 5.75 Å². The van der Waals surface area contributed by atoms with Gasteiger partial charge in [-0.05, 0) is 49.3 Å². The van der Waals surface area contributed by atoms with Gasteiger partial charge in [-0.15, -0.1) is 0 Å². The number of hydrogen-bond acceptors (Lipinski definition) is 1. The molecule has 0 aliphatic heterocycles. The van der Waals surface area contributed by atoms with Crippen molar-refractivity contribution < 1.29 is 31.1 Å². The molecule has 3 rings (SSSR count). The SMILES string of the molecule is CCOc1ccc(C2CCC(c3ccc(CC)c(F)c3F)CC2(F)F)c(F)c1F. The Hall–Kier alpha value is -2.18. The number of halogens is 6. The molecule has 1 aliphatic carbocycles. The molecule has 1 aliphatic rings. The van der Waals surface area contributed by atoms with Crippen molar-refractivity contribution in [2.75, 3.05) is 6.61 Å². The molecule has 2 aromatic rings. The van der Waals surface area contributed by atoms with Crippen LogP contribution in [0.25, 0.3) is 0 Å². The quantitative estimate of drug-likeness (QED) is 0.482. The number of hydrogen-bond donors (Lipinski definition) is 0. The third-order valence-electron chi connectivity index (χ3n) is 5.60. The summed E-state index contributed by atoms with van der Waals surface area (Å²) >= 11 is 0. The summed E-state index contributed by atoms with van der Waals surface area (Å²) < 4.78 is 91.8. The summed E-state index contributed by atoms with van der Waals surface area (Å²) in [6.07, 6.45) is -0.558. The van der Waals surface area contributed by atoms with Crippen LogP contribution in [0.3, 0.4) is 0 Å². The first kappa shape index (κ1) is 21.5. The van der Waals surface area contributed by atoms with Crippen molar-refractivity contribution in [3.8, 4) is 5.75 Å². The van der Waals surface area contributed by atoms with Gasteiger partial charge in [0.2, 0.25) is 5.82 Å². The Bertz CT molecular complexity index is 895. The fourth-order valence-electron chi connectivity index (χ4n) is 4.08. The average molecular weight is 416 g/mol. The Balaban J connectivity index is 1.88. The predicted molar refractivity (Wildman–Crippen MR) is 97.5 cm³/mol. The molecule has 2 unspecified atom stereocenters. The highest BCUT2D eigenvalue weighted by Gasteiger charge is 2.48. The average Bonchev–Trinajstić information content (AvgIpc) is 2.68. The van der Waals surface area contributed by atoms with Gasteiger partial charge in [0, 0.05) is 12.0 Å². The van der Waals surface area contributed by atoms with E-state index in [9.17, 15) is 26.3 Å². The van der Waals surface area contributed by atoms with Gasteiger partial charge in [-0.1, -0.05) is 25.1 Å². The lowest BCUT2D eigenvalue weighted by atomic mass is 9.73. The normalized spacial score (nSPS) is 21.2. The minimum absolute atomic E-state index is 0.101. The molecule has 0 bridgehead atoms. The predicted octanol–water partition coefficient (Wildman–Crippen LogP) is 6.89. The van der Waals surface area contributed by atoms with E-state index in [1.165, 1.54) is 12.1 Å². The molecule has 7 heteroatoms. The second-order valence-corrected chi connectivity index (χ2v) is 7.30. The molecule has 29 heavy (non-hydrogen) atoms. The number of alkyl halides is 2. The molecule has 0 amide bonds. The number of aryl methyl sites for hydroxylation is 1. The first-order valence-electron chi connectivity index (χ1n) is 9.66. The molecule has 2 aromatic carbocycles. The zero-order valence-corrected chi connectivity index (χ0v) is 16.2. The number of benzene rings is 2. The van der Waals surface area contributed by atoms with E-state index < -0.39 is 53.0 Å². The molecule has 0 N–H and O–H groups in total. The second-order valence-electron chi connectivity index (χ2n) is 7.30. The summed E-state index contributed by atoms with van der Waals surface area (Å²) in [6, 6.07) is 4.99. The van der Waals surface area contributed by atoms with Gasteiger partial charge in [0.25, 0.3) is 5.92 Å². The molecular weight excluding hydrogens is 394 g/mol. The van der Waals surface area contributed by atoms with Gasteiger partial charge >= 0.3 is 0 Å². The molecule has 0 aromatic heterocycles. The van der Waals surface area contributed by atoms with Gasteiger partial charge in [0.15, 0.2) is 23.2 Å². The Morgan fingerprint density at radius 3 is 2.14 bits per heavy atom. The largest absolute Gasteiger partial charge is 0.491 e. The smallest absolute Gasteiger partial charge is 0.255 e. The van der Waals surface area contributed by atoms with Crippen LogP contribution in [0.4, 0.5) is 26.3 Å². The summed E-state index contributed by atoms with van der Waals surface area (Å²) in [5.74, 6) is -11.0. The van der Waals surface area contributed by atoms with Crippen molar-refractivity contribution in [3.63, 3.8) is 0 Å². The van der Waals surface area contributed by atoms with E-state index in [2.05, 4.69) is 0 Å². The van der Waals surface area contributed by atoms with Crippen LogP contribution in [0.15, 0.2) is 24.3 Å². The maximum Gasteiger partial charge on any atom is 0.255 e. The fraction of sp³-hybridized carbons (Fsp3) is 0.455. The first-order chi connectivity index (χ1) is 13.7. The summed E-state index contributed by atoms with van der Waals surface area (Å²) in [5, 5.41) is 0. The van der Waals surface area contributed by atoms with Gasteiger partial charge in [-0.3, -0.25) is 0 Å². The summed E-state index contributed by atoms with van der Waals surface area (Å²) in [4.78, 5) is 0. The molecule has 1 nitrogen and oxygen atoms in total. The highest BCUT2D eigenvalue weighted by atomic mass is 19.3. The van der Waals surface area contributed by atoms with Crippen LogP contribution in [0, 0.1) is 23.3 Å². The molecular formula is C22H22F6O. The van der Waals surface area contributed by atoms with Gasteiger partial charge in [0.1, 0.15) is 0 Å². The minimum atomic E-state index is -3.41. The zero-order valence-electron chi connectivity index (χ0n) is 16.2. The highest BCUT2D eigenvalue weighted by Crippen LogP contribution is 2.51. The van der Waals surface area contributed by atoms with E-state index in [4.69, 9.17) is 4.74 Å². The Morgan fingerprint density at radius 1 is 0.862 bits per heavy atom. The van der Waals surface area contributed by atoms with Crippen LogP contribution < -0.4 is 4.74 Å². The van der Waals surface area contributed by atoms with E-state index >= 15 is 0 Å². The summed E-state index contributed by atoms with van der Waals surface area (Å²) in [7, 11) is 0. The lowest BCUT2D eigenvalue weighted by molar-refractivity contribution is -0.0628. The first-order valence-corrected chi connectivity index (χ1v) is 9.66. The van der Waals surface area contributed by atoms with E-state index in [0.717, 1.165) is 12.1 Å². The summed E-state index contributed by atoms with van der Waals surface area (Å²) in [5.41, 5.74) is -0.350. The Kier molecular flexibility index (Phi) is 6.15. The van der Waals surface area contributed by atoms with Crippen molar-refractivity contribution in [1.29, 1.82) is 0 Å². The van der Waals surface area contributed by atoms with Crippen molar-refractivity contribution >= 4 is 0 Å². The maximum atomic E-state index is 14.9. The number of rotatable bonds is 5. The highest BCUT2D eigenvalue weighted by molar-refractivity contribution is 5.36. The standard InChI is InChI=1S/C22H22F6O/c1-3-12-5-7-14(19(24)18(12)23)13-6-9-16(22(27,28)11-13)15-8-10-17(29-4-2)21(26)20(15)25/h5,7-8,10,13,16H,3-4,6,9,11H2,1-2H3. The van der Waals surface area contributed by atoms with Crippen molar-refractivity contribution in [2.24, 2.45) is 0 Å². The van der Waals surface area contributed by atoms with Gasteiger partial charge < -0.3 is 4.74 Å². The van der Waals surface area contributed by atoms with Crippen LogP contribution >= 0.6 is 0 Å². The molecule has 1 fully saturated rings. The lowest BCUT2D eigenvalue weighted by Gasteiger charge is -2.37. The monoisotopic (exact) mass is 416 g/mol. The second kappa shape index (κ2) is 8.28. The number of ether oxygens (including phenoxy) is 1. The van der Waals surface area contributed by atoms with Crippen molar-refractivity contribution in [1.82, 2.24) is 0 Å². The van der Waals surface area contributed by atoms with Gasteiger partial charge in [-0.25, -0.2) is 22.0 Å². The van der Waals surface area contributed by atoms with Gasteiger partial charge in [0.05, 0.1) is 12.5 Å². The summed E-state index contributed by atoms with van der Waals surface area (Å²) in [6.45, 7) is 3.37. The molecule has 0 radical (unpaired) electrons.